The summed E-state index contributed by atoms with van der Waals surface area (Å²) in [5.74, 6) is -0.302. The maximum atomic E-state index is 11.6. The number of nitrogens with zero attached hydrogens (tertiary/aromatic N) is 2. The summed E-state index contributed by atoms with van der Waals surface area (Å²) in [5.41, 5.74) is 1.66. The average Bonchev–Trinajstić information content (AvgIpc) is 2.83. The fourth-order valence-electron chi connectivity index (χ4n) is 1.21. The smallest absolute Gasteiger partial charge is 0.277 e. The molecule has 82 valence electrons. The molecule has 1 heterocycles. The molecule has 2 aromatic rings. The number of benzene rings is 1. The standard InChI is InChI=1S/C10H9N3O2S/c14-5-7-2-1-3-8(4-7)11-10(15)9-6-16-13-12-9/h1-4,6,14H,5H2,(H,11,15). The van der Waals surface area contributed by atoms with E-state index < -0.39 is 0 Å². The first kappa shape index (κ1) is 10.7. The minimum absolute atomic E-state index is 0.0536. The normalized spacial score (nSPS) is 10.1. The molecule has 0 saturated heterocycles. The van der Waals surface area contributed by atoms with Gasteiger partial charge in [-0.25, -0.2) is 0 Å². The molecule has 1 aromatic carbocycles. The van der Waals surface area contributed by atoms with Crippen molar-refractivity contribution < 1.29 is 9.90 Å². The minimum atomic E-state index is -0.302. The first-order chi connectivity index (χ1) is 7.79. The van der Waals surface area contributed by atoms with Gasteiger partial charge in [-0.3, -0.25) is 4.79 Å². The predicted molar refractivity (Wildman–Crippen MR) is 60.2 cm³/mol. The van der Waals surface area contributed by atoms with Crippen LogP contribution in [0.25, 0.3) is 0 Å². The number of hydrogen-bond acceptors (Lipinski definition) is 5. The number of carbonyl (C=O) groups excluding carboxylic acids is 1. The molecule has 0 atom stereocenters. The van der Waals surface area contributed by atoms with E-state index in [1.807, 2.05) is 0 Å². The summed E-state index contributed by atoms with van der Waals surface area (Å²) in [5, 5.41) is 16.9. The van der Waals surface area contributed by atoms with E-state index >= 15 is 0 Å². The second-order valence-corrected chi connectivity index (χ2v) is 3.71. The van der Waals surface area contributed by atoms with Crippen LogP contribution in [0.2, 0.25) is 0 Å². The van der Waals surface area contributed by atoms with Crippen LogP contribution in [0.5, 0.6) is 0 Å². The van der Waals surface area contributed by atoms with Crippen LogP contribution in [0.15, 0.2) is 29.6 Å². The van der Waals surface area contributed by atoms with Gasteiger partial charge in [0, 0.05) is 11.1 Å². The molecular formula is C10H9N3O2S. The van der Waals surface area contributed by atoms with E-state index in [1.165, 1.54) is 0 Å². The Bertz CT molecular complexity index is 485. The highest BCUT2D eigenvalue weighted by molar-refractivity contribution is 7.03. The van der Waals surface area contributed by atoms with Crippen molar-refractivity contribution in [1.82, 2.24) is 9.59 Å². The van der Waals surface area contributed by atoms with Gasteiger partial charge >= 0.3 is 0 Å². The van der Waals surface area contributed by atoms with Crippen LogP contribution in [0, 0.1) is 0 Å². The largest absolute Gasteiger partial charge is 0.392 e. The Morgan fingerprint density at radius 3 is 3.06 bits per heavy atom. The zero-order chi connectivity index (χ0) is 11.4. The number of amides is 1. The molecule has 0 fully saturated rings. The highest BCUT2D eigenvalue weighted by atomic mass is 32.1. The van der Waals surface area contributed by atoms with Gasteiger partial charge in [0.2, 0.25) is 0 Å². The number of aliphatic hydroxyl groups is 1. The van der Waals surface area contributed by atoms with Crippen molar-refractivity contribution in [2.45, 2.75) is 6.61 Å². The number of nitrogens with one attached hydrogen (secondary N) is 1. The van der Waals surface area contributed by atoms with Crippen LogP contribution in [0.4, 0.5) is 5.69 Å². The van der Waals surface area contributed by atoms with Crippen molar-refractivity contribution in [2.24, 2.45) is 0 Å². The molecule has 6 heteroatoms. The Balaban J connectivity index is 2.12. The van der Waals surface area contributed by atoms with Gasteiger partial charge in [-0.15, -0.1) is 5.10 Å². The summed E-state index contributed by atoms with van der Waals surface area (Å²) in [6.45, 7) is -0.0536. The summed E-state index contributed by atoms with van der Waals surface area (Å²) in [6.07, 6.45) is 0. The number of anilines is 1. The first-order valence-corrected chi connectivity index (χ1v) is 5.41. The van der Waals surface area contributed by atoms with Crippen molar-refractivity contribution in [2.75, 3.05) is 5.32 Å². The molecule has 5 nitrogen and oxygen atoms in total. The van der Waals surface area contributed by atoms with Crippen molar-refractivity contribution in [3.63, 3.8) is 0 Å². The summed E-state index contributed by atoms with van der Waals surface area (Å²) < 4.78 is 3.61. The van der Waals surface area contributed by atoms with E-state index in [0.29, 0.717) is 11.4 Å². The van der Waals surface area contributed by atoms with E-state index in [0.717, 1.165) is 17.1 Å². The highest BCUT2D eigenvalue weighted by Gasteiger charge is 2.08. The number of hydrogen-bond donors (Lipinski definition) is 2. The van der Waals surface area contributed by atoms with Crippen LogP contribution in [-0.2, 0) is 6.61 Å². The first-order valence-electron chi connectivity index (χ1n) is 4.58. The molecular weight excluding hydrogens is 226 g/mol. The Labute approximate surface area is 95.9 Å². The number of carbonyl (C=O) groups is 1. The minimum Gasteiger partial charge on any atom is -0.392 e. The molecule has 2 N–H and O–H groups in total. The molecule has 0 radical (unpaired) electrons. The summed E-state index contributed by atoms with van der Waals surface area (Å²) >= 11 is 1.12. The quantitative estimate of drug-likeness (QED) is 0.840. The monoisotopic (exact) mass is 235 g/mol. The van der Waals surface area contributed by atoms with Gasteiger partial charge in [-0.05, 0) is 29.2 Å². The Kier molecular flexibility index (Phi) is 3.23. The highest BCUT2D eigenvalue weighted by Crippen LogP contribution is 2.11. The van der Waals surface area contributed by atoms with E-state index in [2.05, 4.69) is 14.9 Å². The van der Waals surface area contributed by atoms with Crippen molar-refractivity contribution in [1.29, 1.82) is 0 Å². The van der Waals surface area contributed by atoms with Gasteiger partial charge in [0.15, 0.2) is 5.69 Å². The summed E-state index contributed by atoms with van der Waals surface area (Å²) in [7, 11) is 0. The molecule has 0 aliphatic rings. The molecule has 0 saturated carbocycles. The average molecular weight is 235 g/mol. The Morgan fingerprint density at radius 1 is 1.50 bits per heavy atom. The van der Waals surface area contributed by atoms with Crippen LogP contribution in [0.1, 0.15) is 16.1 Å². The van der Waals surface area contributed by atoms with Crippen molar-refractivity contribution >= 4 is 23.1 Å². The zero-order valence-electron chi connectivity index (χ0n) is 8.25. The van der Waals surface area contributed by atoms with Crippen molar-refractivity contribution in [3.05, 3.63) is 40.9 Å². The molecule has 0 bridgehead atoms. The number of aliphatic hydroxyl groups excluding tert-OH is 1. The fraction of sp³-hybridized carbons (Fsp3) is 0.100. The van der Waals surface area contributed by atoms with Crippen LogP contribution >= 0.6 is 11.5 Å². The van der Waals surface area contributed by atoms with Gasteiger partial charge in [-0.2, -0.15) is 0 Å². The zero-order valence-corrected chi connectivity index (χ0v) is 9.07. The fourth-order valence-corrected chi connectivity index (χ4v) is 1.64. The van der Waals surface area contributed by atoms with E-state index in [-0.39, 0.29) is 12.5 Å². The lowest BCUT2D eigenvalue weighted by atomic mass is 10.2. The summed E-state index contributed by atoms with van der Waals surface area (Å²) in [6, 6.07) is 7.00. The third-order valence-corrected chi connectivity index (χ3v) is 2.46. The lowest BCUT2D eigenvalue weighted by molar-refractivity contribution is 0.102. The van der Waals surface area contributed by atoms with Gasteiger partial charge in [0.05, 0.1) is 6.61 Å². The van der Waals surface area contributed by atoms with E-state index in [9.17, 15) is 4.79 Å². The number of aromatic nitrogens is 2. The third kappa shape index (κ3) is 2.41. The van der Waals surface area contributed by atoms with E-state index in [4.69, 9.17) is 5.11 Å². The Morgan fingerprint density at radius 2 is 2.38 bits per heavy atom. The lowest BCUT2D eigenvalue weighted by Gasteiger charge is -2.04. The van der Waals surface area contributed by atoms with E-state index in [1.54, 1.807) is 29.6 Å². The third-order valence-electron chi connectivity index (χ3n) is 1.96. The molecule has 0 aliphatic heterocycles. The van der Waals surface area contributed by atoms with Gasteiger partial charge in [0.1, 0.15) is 0 Å². The molecule has 0 unspecified atom stereocenters. The van der Waals surface area contributed by atoms with Crippen LogP contribution < -0.4 is 5.32 Å². The molecule has 1 aromatic heterocycles. The second-order valence-electron chi connectivity index (χ2n) is 3.10. The lowest BCUT2D eigenvalue weighted by Crippen LogP contribution is -2.12. The molecule has 2 rings (SSSR count). The maximum Gasteiger partial charge on any atom is 0.277 e. The number of rotatable bonds is 3. The van der Waals surface area contributed by atoms with Gasteiger partial charge < -0.3 is 10.4 Å². The van der Waals surface area contributed by atoms with Crippen LogP contribution in [-0.4, -0.2) is 20.6 Å². The van der Waals surface area contributed by atoms with Crippen molar-refractivity contribution in [3.8, 4) is 0 Å². The topological polar surface area (TPSA) is 75.1 Å². The Hall–Kier alpha value is -1.79. The molecule has 16 heavy (non-hydrogen) atoms. The van der Waals surface area contributed by atoms with Gasteiger partial charge in [-0.1, -0.05) is 16.6 Å². The maximum absolute atomic E-state index is 11.6. The SMILES string of the molecule is O=C(Nc1cccc(CO)c1)c1csnn1. The van der Waals surface area contributed by atoms with Crippen LogP contribution in [0.3, 0.4) is 0 Å². The molecule has 0 aliphatic carbocycles. The summed E-state index contributed by atoms with van der Waals surface area (Å²) in [4.78, 5) is 11.6. The molecule has 0 spiro atoms. The van der Waals surface area contributed by atoms with Gasteiger partial charge in [0.25, 0.3) is 5.91 Å². The molecule has 1 amide bonds. The second kappa shape index (κ2) is 4.82. The predicted octanol–water partition coefficient (Wildman–Crippen LogP) is 1.28.